The molecule has 98 valence electrons. The molecule has 2 N–H and O–H groups in total. The number of fused-ring (bicyclic) bond motifs is 1. The van der Waals surface area contributed by atoms with Crippen LogP contribution in [-0.2, 0) is 6.54 Å². The van der Waals surface area contributed by atoms with Crippen LogP contribution < -0.4 is 15.6 Å². The molecule has 1 atom stereocenters. The number of halogens is 2. The maximum absolute atomic E-state index is 11.1. The van der Waals surface area contributed by atoms with E-state index in [1.54, 1.807) is 6.07 Å². The van der Waals surface area contributed by atoms with Gasteiger partial charge >= 0.3 is 0 Å². The summed E-state index contributed by atoms with van der Waals surface area (Å²) >= 11 is 0. The molecule has 0 saturated heterocycles. The molecular formula is C11H18Cl2N2O2. The fraction of sp³-hybridized carbons (Fsp3) is 0.545. The molecule has 0 unspecified atom stereocenters. The van der Waals surface area contributed by atoms with Crippen molar-refractivity contribution >= 4 is 24.8 Å². The minimum absolute atomic E-state index is 0. The van der Waals surface area contributed by atoms with Crippen molar-refractivity contribution in [2.75, 3.05) is 6.54 Å². The first kappa shape index (κ1) is 16.3. The molecule has 0 fully saturated rings. The van der Waals surface area contributed by atoms with Crippen molar-refractivity contribution < 1.29 is 4.74 Å². The Labute approximate surface area is 113 Å². The van der Waals surface area contributed by atoms with Crippen LogP contribution in [0.15, 0.2) is 16.9 Å². The van der Waals surface area contributed by atoms with E-state index in [9.17, 15) is 4.79 Å². The Morgan fingerprint density at radius 2 is 2.06 bits per heavy atom. The van der Waals surface area contributed by atoms with E-state index < -0.39 is 0 Å². The Morgan fingerprint density at radius 3 is 2.71 bits per heavy atom. The number of aromatic amines is 1. The normalized spacial score (nSPS) is 18.2. The van der Waals surface area contributed by atoms with Crippen LogP contribution in [0.3, 0.4) is 0 Å². The average molecular weight is 281 g/mol. The van der Waals surface area contributed by atoms with Crippen molar-refractivity contribution in [2.24, 2.45) is 5.92 Å². The summed E-state index contributed by atoms with van der Waals surface area (Å²) < 4.78 is 5.84. The Kier molecular flexibility index (Phi) is 6.60. The molecule has 0 saturated carbocycles. The van der Waals surface area contributed by atoms with E-state index in [0.29, 0.717) is 12.5 Å². The fourth-order valence-electron chi connectivity index (χ4n) is 1.66. The van der Waals surface area contributed by atoms with Crippen LogP contribution in [0.4, 0.5) is 0 Å². The molecule has 0 spiro atoms. The second-order valence-corrected chi connectivity index (χ2v) is 4.20. The first-order chi connectivity index (χ1) is 7.16. The van der Waals surface area contributed by atoms with Gasteiger partial charge in [-0.1, -0.05) is 13.8 Å². The van der Waals surface area contributed by atoms with Gasteiger partial charge in [-0.05, 0) is 12.0 Å². The molecule has 1 aromatic rings. The maximum atomic E-state index is 11.1. The summed E-state index contributed by atoms with van der Waals surface area (Å²) in [5.41, 5.74) is 0.757. The van der Waals surface area contributed by atoms with Crippen LogP contribution in [-0.4, -0.2) is 17.6 Å². The van der Waals surface area contributed by atoms with Crippen molar-refractivity contribution in [2.45, 2.75) is 26.5 Å². The van der Waals surface area contributed by atoms with Crippen molar-refractivity contribution in [3.05, 3.63) is 28.2 Å². The van der Waals surface area contributed by atoms with E-state index in [4.69, 9.17) is 4.74 Å². The zero-order chi connectivity index (χ0) is 10.8. The summed E-state index contributed by atoms with van der Waals surface area (Å²) in [7, 11) is 0. The number of aromatic nitrogens is 1. The predicted molar refractivity (Wildman–Crippen MR) is 72.5 cm³/mol. The summed E-state index contributed by atoms with van der Waals surface area (Å²) in [6.07, 6.45) is 0.164. The lowest BCUT2D eigenvalue weighted by Crippen LogP contribution is -2.32. The molecule has 0 amide bonds. The molecular weight excluding hydrogens is 263 g/mol. The van der Waals surface area contributed by atoms with Gasteiger partial charge in [0.1, 0.15) is 11.9 Å². The molecule has 0 aromatic carbocycles. The number of pyridine rings is 1. The highest BCUT2D eigenvalue weighted by molar-refractivity contribution is 5.85. The standard InChI is InChI=1S/C11H16N2O2.2ClH/c1-7(2)10-6-12-5-8-9(15-10)3-4-11(14)13-8;;/h3-4,7,10,12H,5-6H2,1-2H3,(H,13,14);2*1H/t10-;;/m0../s1. The van der Waals surface area contributed by atoms with E-state index in [0.717, 1.165) is 18.0 Å². The second-order valence-electron chi connectivity index (χ2n) is 4.20. The molecule has 2 heterocycles. The molecule has 1 aliphatic rings. The highest BCUT2D eigenvalue weighted by Crippen LogP contribution is 2.20. The first-order valence-electron chi connectivity index (χ1n) is 5.26. The molecule has 4 nitrogen and oxygen atoms in total. The van der Waals surface area contributed by atoms with Gasteiger partial charge in [-0.25, -0.2) is 0 Å². The van der Waals surface area contributed by atoms with Gasteiger partial charge < -0.3 is 15.0 Å². The number of H-pyrrole nitrogens is 1. The van der Waals surface area contributed by atoms with Gasteiger partial charge in [0.05, 0.1) is 5.69 Å². The molecule has 17 heavy (non-hydrogen) atoms. The summed E-state index contributed by atoms with van der Waals surface area (Å²) in [4.78, 5) is 13.9. The van der Waals surface area contributed by atoms with Gasteiger partial charge in [0.2, 0.25) is 5.56 Å². The Morgan fingerprint density at radius 1 is 1.35 bits per heavy atom. The smallest absolute Gasteiger partial charge is 0.248 e. The number of hydrogen-bond donors (Lipinski definition) is 2. The van der Waals surface area contributed by atoms with Crippen LogP contribution in [0.25, 0.3) is 0 Å². The second kappa shape index (κ2) is 6.89. The lowest BCUT2D eigenvalue weighted by Gasteiger charge is -2.20. The quantitative estimate of drug-likeness (QED) is 0.824. The summed E-state index contributed by atoms with van der Waals surface area (Å²) in [6.45, 7) is 5.73. The Balaban J connectivity index is 0.00000128. The number of nitrogens with one attached hydrogen (secondary N) is 2. The third kappa shape index (κ3) is 3.91. The SMILES string of the molecule is CC(C)[C@@H]1CNCc2[nH]c(=O)ccc2O1.Cl.Cl. The van der Waals surface area contributed by atoms with Crippen LogP contribution in [0.1, 0.15) is 19.5 Å². The molecule has 1 aliphatic heterocycles. The topological polar surface area (TPSA) is 54.1 Å². The number of ether oxygens (including phenoxy) is 1. The van der Waals surface area contributed by atoms with Gasteiger partial charge in [-0.3, -0.25) is 4.79 Å². The Bertz CT molecular complexity index is 407. The lowest BCUT2D eigenvalue weighted by atomic mass is 10.1. The summed E-state index contributed by atoms with van der Waals surface area (Å²) in [5, 5.41) is 3.27. The average Bonchev–Trinajstić information content (AvgIpc) is 2.39. The Hall–Kier alpha value is -0.710. The van der Waals surface area contributed by atoms with Crippen LogP contribution in [0.2, 0.25) is 0 Å². The van der Waals surface area contributed by atoms with Crippen molar-refractivity contribution in [1.29, 1.82) is 0 Å². The van der Waals surface area contributed by atoms with E-state index in [-0.39, 0.29) is 36.5 Å². The van der Waals surface area contributed by atoms with Gasteiger partial charge in [-0.15, -0.1) is 24.8 Å². The maximum Gasteiger partial charge on any atom is 0.248 e. The molecule has 2 rings (SSSR count). The fourth-order valence-corrected chi connectivity index (χ4v) is 1.66. The zero-order valence-corrected chi connectivity index (χ0v) is 11.5. The minimum atomic E-state index is -0.0813. The largest absolute Gasteiger partial charge is 0.487 e. The van der Waals surface area contributed by atoms with Gasteiger partial charge in [0.25, 0.3) is 0 Å². The molecule has 0 bridgehead atoms. The van der Waals surface area contributed by atoms with Crippen LogP contribution in [0, 0.1) is 5.92 Å². The first-order valence-corrected chi connectivity index (χ1v) is 5.26. The highest BCUT2D eigenvalue weighted by Gasteiger charge is 2.20. The zero-order valence-electron chi connectivity index (χ0n) is 9.86. The summed E-state index contributed by atoms with van der Waals surface area (Å²) in [6, 6.07) is 3.25. The third-order valence-corrected chi connectivity index (χ3v) is 2.63. The van der Waals surface area contributed by atoms with Crippen molar-refractivity contribution in [3.8, 4) is 5.75 Å². The summed E-state index contributed by atoms with van der Waals surface area (Å²) in [5.74, 6) is 1.24. The molecule has 0 aliphatic carbocycles. The van der Waals surface area contributed by atoms with Gasteiger partial charge in [-0.2, -0.15) is 0 Å². The van der Waals surface area contributed by atoms with E-state index >= 15 is 0 Å². The van der Waals surface area contributed by atoms with E-state index in [1.807, 2.05) is 0 Å². The molecule has 1 aromatic heterocycles. The van der Waals surface area contributed by atoms with Gasteiger partial charge in [0, 0.05) is 19.2 Å². The van der Waals surface area contributed by atoms with Crippen LogP contribution >= 0.6 is 24.8 Å². The minimum Gasteiger partial charge on any atom is -0.487 e. The van der Waals surface area contributed by atoms with Gasteiger partial charge in [0.15, 0.2) is 0 Å². The van der Waals surface area contributed by atoms with Crippen molar-refractivity contribution in [3.63, 3.8) is 0 Å². The van der Waals surface area contributed by atoms with E-state index in [2.05, 4.69) is 24.1 Å². The molecule has 6 heteroatoms. The third-order valence-electron chi connectivity index (χ3n) is 2.63. The lowest BCUT2D eigenvalue weighted by molar-refractivity contribution is 0.155. The van der Waals surface area contributed by atoms with E-state index in [1.165, 1.54) is 6.07 Å². The monoisotopic (exact) mass is 280 g/mol. The van der Waals surface area contributed by atoms with Crippen LogP contribution in [0.5, 0.6) is 5.75 Å². The number of hydrogen-bond acceptors (Lipinski definition) is 3. The van der Waals surface area contributed by atoms with Crippen molar-refractivity contribution in [1.82, 2.24) is 10.3 Å². The number of rotatable bonds is 1. The highest BCUT2D eigenvalue weighted by atomic mass is 35.5. The predicted octanol–water partition coefficient (Wildman–Crippen LogP) is 1.73. The molecule has 0 radical (unpaired) electrons.